The van der Waals surface area contributed by atoms with Crippen LogP contribution in [0.1, 0.15) is 16.1 Å². The Bertz CT molecular complexity index is 912. The summed E-state index contributed by atoms with van der Waals surface area (Å²) in [4.78, 5) is 12.9. The maximum atomic E-state index is 12.9. The Morgan fingerprint density at radius 1 is 1.08 bits per heavy atom. The van der Waals surface area contributed by atoms with Crippen molar-refractivity contribution in [3.8, 4) is 11.5 Å². The summed E-state index contributed by atoms with van der Waals surface area (Å²) in [6.07, 6.45) is 0. The Kier molecular flexibility index (Phi) is 4.16. The maximum Gasteiger partial charge on any atom is 0.258 e. The van der Waals surface area contributed by atoms with Crippen molar-refractivity contribution in [2.75, 3.05) is 19.5 Å². The Morgan fingerprint density at radius 3 is 2.54 bits per heavy atom. The summed E-state index contributed by atoms with van der Waals surface area (Å²) in [5.41, 5.74) is 3.18. The number of aryl methyl sites for hydroxylation is 1. The lowest BCUT2D eigenvalue weighted by atomic mass is 10.1. The molecule has 0 aliphatic rings. The van der Waals surface area contributed by atoms with E-state index in [9.17, 15) is 4.79 Å². The maximum absolute atomic E-state index is 12.9. The molecule has 0 saturated carbocycles. The Morgan fingerprint density at radius 2 is 1.83 bits per heavy atom. The van der Waals surface area contributed by atoms with E-state index >= 15 is 0 Å². The third-order valence-electron chi connectivity index (χ3n) is 4.28. The average Bonchev–Trinajstić information content (AvgIpc) is 2.86. The van der Waals surface area contributed by atoms with Gasteiger partial charge in [-0.2, -0.15) is 0 Å². The molecule has 1 heterocycles. The predicted octanol–water partition coefficient (Wildman–Crippen LogP) is 3.76. The monoisotopic (exact) mass is 324 g/mol. The highest BCUT2D eigenvalue weighted by Gasteiger charge is 2.19. The third kappa shape index (κ3) is 2.58. The van der Waals surface area contributed by atoms with Crippen LogP contribution < -0.4 is 14.8 Å². The van der Waals surface area contributed by atoms with Crippen LogP contribution in [0.2, 0.25) is 0 Å². The molecule has 0 spiro atoms. The molecule has 124 valence electrons. The molecule has 1 N–H and O–H groups in total. The molecule has 0 bridgehead atoms. The van der Waals surface area contributed by atoms with Gasteiger partial charge in [0.1, 0.15) is 11.5 Å². The van der Waals surface area contributed by atoms with Crippen LogP contribution in [0, 0.1) is 6.92 Å². The van der Waals surface area contributed by atoms with E-state index in [1.165, 1.54) is 0 Å². The average molecular weight is 324 g/mol. The number of hydrogen-bond donors (Lipinski definition) is 1. The molecule has 0 radical (unpaired) electrons. The van der Waals surface area contributed by atoms with Gasteiger partial charge in [-0.1, -0.05) is 18.2 Å². The summed E-state index contributed by atoms with van der Waals surface area (Å²) in [5.74, 6) is 1.07. The standard InChI is InChI=1S/C19H20N2O3/c1-12-18(14-7-5-6-8-16(14)21(12)2)19(22)20-15-11-13(23-3)9-10-17(15)24-4/h5-11H,1-4H3,(H,20,22). The molecule has 3 aromatic rings. The molecule has 0 saturated heterocycles. The number of methoxy groups -OCH3 is 2. The number of rotatable bonds is 4. The lowest BCUT2D eigenvalue weighted by Crippen LogP contribution is -2.14. The summed E-state index contributed by atoms with van der Waals surface area (Å²) in [6.45, 7) is 1.94. The predicted molar refractivity (Wildman–Crippen MR) is 95.2 cm³/mol. The molecular weight excluding hydrogens is 304 g/mol. The molecule has 0 atom stereocenters. The quantitative estimate of drug-likeness (QED) is 0.795. The summed E-state index contributed by atoms with van der Waals surface area (Å²) < 4.78 is 12.6. The number of ether oxygens (including phenoxy) is 2. The zero-order chi connectivity index (χ0) is 17.3. The topological polar surface area (TPSA) is 52.5 Å². The SMILES string of the molecule is COc1ccc(OC)c(NC(=O)c2c(C)n(C)c3ccccc23)c1. The second-order valence-corrected chi connectivity index (χ2v) is 5.56. The number of anilines is 1. The second-order valence-electron chi connectivity index (χ2n) is 5.56. The van der Waals surface area contributed by atoms with Crippen LogP contribution in [-0.4, -0.2) is 24.7 Å². The van der Waals surface area contributed by atoms with Crippen molar-refractivity contribution in [2.45, 2.75) is 6.92 Å². The van der Waals surface area contributed by atoms with Gasteiger partial charge in [0.2, 0.25) is 0 Å². The van der Waals surface area contributed by atoms with Gasteiger partial charge in [0.05, 0.1) is 25.5 Å². The minimum absolute atomic E-state index is 0.171. The number of fused-ring (bicyclic) bond motifs is 1. The van der Waals surface area contributed by atoms with Crippen molar-refractivity contribution in [3.63, 3.8) is 0 Å². The van der Waals surface area contributed by atoms with Crippen LogP contribution in [-0.2, 0) is 7.05 Å². The number of benzene rings is 2. The highest BCUT2D eigenvalue weighted by Crippen LogP contribution is 2.31. The van der Waals surface area contributed by atoms with Crippen molar-refractivity contribution in [2.24, 2.45) is 7.05 Å². The lowest BCUT2D eigenvalue weighted by Gasteiger charge is -2.12. The van der Waals surface area contributed by atoms with E-state index in [-0.39, 0.29) is 5.91 Å². The molecule has 3 rings (SSSR count). The molecule has 0 aliphatic carbocycles. The van der Waals surface area contributed by atoms with Crippen molar-refractivity contribution in [1.82, 2.24) is 4.57 Å². The minimum atomic E-state index is -0.171. The van der Waals surface area contributed by atoms with Crippen LogP contribution >= 0.6 is 0 Å². The lowest BCUT2D eigenvalue weighted by molar-refractivity contribution is 0.102. The van der Waals surface area contributed by atoms with Gasteiger partial charge in [-0.05, 0) is 25.1 Å². The first-order chi connectivity index (χ1) is 11.6. The fourth-order valence-electron chi connectivity index (χ4n) is 2.90. The molecule has 24 heavy (non-hydrogen) atoms. The molecule has 1 amide bonds. The van der Waals surface area contributed by atoms with Crippen molar-refractivity contribution >= 4 is 22.5 Å². The van der Waals surface area contributed by atoms with Gasteiger partial charge < -0.3 is 19.4 Å². The first-order valence-electron chi connectivity index (χ1n) is 7.64. The van der Waals surface area contributed by atoms with E-state index in [1.54, 1.807) is 32.4 Å². The number of hydrogen-bond acceptors (Lipinski definition) is 3. The minimum Gasteiger partial charge on any atom is -0.497 e. The summed E-state index contributed by atoms with van der Waals surface area (Å²) in [7, 11) is 5.11. The molecule has 5 nitrogen and oxygen atoms in total. The van der Waals surface area contributed by atoms with Gasteiger partial charge in [0.15, 0.2) is 0 Å². The number of para-hydroxylation sites is 1. The Balaban J connectivity index is 2.04. The van der Waals surface area contributed by atoms with Crippen molar-refractivity contribution in [1.29, 1.82) is 0 Å². The first kappa shape index (κ1) is 15.9. The fraction of sp³-hybridized carbons (Fsp3) is 0.211. The van der Waals surface area contributed by atoms with E-state index < -0.39 is 0 Å². The molecule has 5 heteroatoms. The number of nitrogens with zero attached hydrogens (tertiary/aromatic N) is 1. The number of carbonyl (C=O) groups is 1. The number of aromatic nitrogens is 1. The normalized spacial score (nSPS) is 10.7. The zero-order valence-corrected chi connectivity index (χ0v) is 14.2. The summed E-state index contributed by atoms with van der Waals surface area (Å²) in [6, 6.07) is 13.2. The van der Waals surface area contributed by atoms with Crippen LogP contribution in [0.25, 0.3) is 10.9 Å². The second kappa shape index (κ2) is 6.28. The number of amides is 1. The molecule has 0 aliphatic heterocycles. The third-order valence-corrected chi connectivity index (χ3v) is 4.28. The van der Waals surface area contributed by atoms with E-state index in [0.717, 1.165) is 16.6 Å². The van der Waals surface area contributed by atoms with Crippen LogP contribution in [0.5, 0.6) is 11.5 Å². The molecule has 2 aromatic carbocycles. The van der Waals surface area contributed by atoms with E-state index in [4.69, 9.17) is 9.47 Å². The number of carbonyl (C=O) groups excluding carboxylic acids is 1. The smallest absolute Gasteiger partial charge is 0.258 e. The van der Waals surface area contributed by atoms with Gasteiger partial charge in [-0.15, -0.1) is 0 Å². The van der Waals surface area contributed by atoms with Gasteiger partial charge in [0.25, 0.3) is 5.91 Å². The van der Waals surface area contributed by atoms with E-state index in [2.05, 4.69) is 5.32 Å². The largest absolute Gasteiger partial charge is 0.497 e. The Labute approximate surface area is 140 Å². The van der Waals surface area contributed by atoms with Gasteiger partial charge in [-0.3, -0.25) is 4.79 Å². The molecule has 1 aromatic heterocycles. The molecule has 0 unspecified atom stereocenters. The Hall–Kier alpha value is -2.95. The highest BCUT2D eigenvalue weighted by molar-refractivity contribution is 6.14. The molecular formula is C19H20N2O3. The summed E-state index contributed by atoms with van der Waals surface area (Å²) in [5, 5.41) is 3.87. The number of nitrogens with one attached hydrogen (secondary N) is 1. The van der Waals surface area contributed by atoms with Crippen LogP contribution in [0.4, 0.5) is 5.69 Å². The van der Waals surface area contributed by atoms with Gasteiger partial charge in [0, 0.05) is 29.7 Å². The first-order valence-corrected chi connectivity index (χ1v) is 7.64. The van der Waals surface area contributed by atoms with Gasteiger partial charge >= 0.3 is 0 Å². The van der Waals surface area contributed by atoms with Gasteiger partial charge in [-0.25, -0.2) is 0 Å². The highest BCUT2D eigenvalue weighted by atomic mass is 16.5. The van der Waals surface area contributed by atoms with Crippen molar-refractivity contribution < 1.29 is 14.3 Å². The van der Waals surface area contributed by atoms with E-state index in [1.807, 2.05) is 42.8 Å². The van der Waals surface area contributed by atoms with Crippen molar-refractivity contribution in [3.05, 3.63) is 53.7 Å². The molecule has 0 fully saturated rings. The van der Waals surface area contributed by atoms with E-state index in [0.29, 0.717) is 22.7 Å². The summed E-state index contributed by atoms with van der Waals surface area (Å²) >= 11 is 0. The fourth-order valence-corrected chi connectivity index (χ4v) is 2.90. The zero-order valence-electron chi connectivity index (χ0n) is 14.2. The van der Waals surface area contributed by atoms with Crippen LogP contribution in [0.3, 0.4) is 0 Å². The van der Waals surface area contributed by atoms with Crippen LogP contribution in [0.15, 0.2) is 42.5 Å².